The summed E-state index contributed by atoms with van der Waals surface area (Å²) in [5, 5.41) is 8.95. The first kappa shape index (κ1) is 19.4. The van der Waals surface area contributed by atoms with Crippen molar-refractivity contribution in [3.8, 4) is 11.3 Å². The Morgan fingerprint density at radius 3 is 2.90 bits per heavy atom. The van der Waals surface area contributed by atoms with Gasteiger partial charge in [0.15, 0.2) is 0 Å². The van der Waals surface area contributed by atoms with Crippen LogP contribution in [0.5, 0.6) is 0 Å². The van der Waals surface area contributed by atoms with Crippen molar-refractivity contribution in [3.63, 3.8) is 0 Å². The summed E-state index contributed by atoms with van der Waals surface area (Å²) in [5.41, 5.74) is -0.119. The van der Waals surface area contributed by atoms with Crippen LogP contribution in [0.1, 0.15) is 40.9 Å². The summed E-state index contributed by atoms with van der Waals surface area (Å²) in [6.45, 7) is 1.62. The highest BCUT2D eigenvalue weighted by Crippen LogP contribution is 2.38. The van der Waals surface area contributed by atoms with Crippen LogP contribution < -0.4 is 16.0 Å². The maximum absolute atomic E-state index is 13.7. The van der Waals surface area contributed by atoms with E-state index in [1.807, 2.05) is 0 Å². The van der Waals surface area contributed by atoms with Gasteiger partial charge in [0.25, 0.3) is 5.91 Å². The third kappa shape index (κ3) is 4.12. The zero-order valence-corrected chi connectivity index (χ0v) is 15.6. The van der Waals surface area contributed by atoms with Crippen molar-refractivity contribution in [3.05, 3.63) is 41.5 Å². The summed E-state index contributed by atoms with van der Waals surface area (Å²) in [4.78, 5) is 23.2. The Kier molecular flexibility index (Phi) is 5.27. The molecule has 1 unspecified atom stereocenters. The molecule has 2 aliphatic rings. The molecule has 2 aromatic rings. The van der Waals surface area contributed by atoms with Gasteiger partial charge in [-0.25, -0.2) is 9.97 Å². The topological polar surface area (TPSA) is 94.7 Å². The van der Waals surface area contributed by atoms with E-state index >= 15 is 0 Å². The number of hydrogen-bond acceptors (Lipinski definition) is 5. The number of piperidine rings is 1. The standard InChI is InChI=1S/C19H21F3N6O/c20-19(21,22)14-10-26-18(27-11-4-3-6-23-8-11)28-15(14)13-9-25-16-12(13)5-1-2-7-24-17(16)29/h2,7,9-11,23,25H,1,3-6,8H2,(H,24,29)(H,26,27,28)/b7-2-. The minimum absolute atomic E-state index is 0.0519. The average molecular weight is 406 g/mol. The van der Waals surface area contributed by atoms with E-state index in [0.29, 0.717) is 24.9 Å². The number of carbonyl (C=O) groups is 1. The quantitative estimate of drug-likeness (QED) is 0.629. The molecule has 4 rings (SSSR count). The lowest BCUT2D eigenvalue weighted by Gasteiger charge is -2.24. The predicted molar refractivity (Wildman–Crippen MR) is 101 cm³/mol. The molecule has 154 valence electrons. The number of carbonyl (C=O) groups excluding carboxylic acids is 1. The molecule has 29 heavy (non-hydrogen) atoms. The fourth-order valence-corrected chi connectivity index (χ4v) is 3.67. The highest BCUT2D eigenvalue weighted by atomic mass is 19.4. The fraction of sp³-hybridized carbons (Fsp3) is 0.421. The number of nitrogens with one attached hydrogen (secondary N) is 4. The van der Waals surface area contributed by atoms with Gasteiger partial charge in [-0.3, -0.25) is 4.79 Å². The Hall–Kier alpha value is -2.88. The van der Waals surface area contributed by atoms with Gasteiger partial charge in [-0.2, -0.15) is 13.2 Å². The lowest BCUT2D eigenvalue weighted by atomic mass is 9.99. The molecule has 4 N–H and O–H groups in total. The van der Waals surface area contributed by atoms with Crippen LogP contribution in [0, 0.1) is 0 Å². The van der Waals surface area contributed by atoms with Gasteiger partial charge >= 0.3 is 6.18 Å². The van der Waals surface area contributed by atoms with Crippen LogP contribution in [0.25, 0.3) is 11.3 Å². The normalized spacial score (nSPS) is 20.9. The number of hydrogen-bond donors (Lipinski definition) is 4. The van der Waals surface area contributed by atoms with Crippen molar-refractivity contribution < 1.29 is 18.0 Å². The SMILES string of the molecule is O=C1N/C=C\CCc2c(-c3nc(NC4CCCNC4)ncc3C(F)(F)F)c[nH]c21. The third-order valence-corrected chi connectivity index (χ3v) is 5.09. The van der Waals surface area contributed by atoms with Gasteiger partial charge in [0.2, 0.25) is 5.95 Å². The molecule has 1 fully saturated rings. The predicted octanol–water partition coefficient (Wildman–Crippen LogP) is 2.84. The molecule has 10 heteroatoms. The van der Waals surface area contributed by atoms with Gasteiger partial charge < -0.3 is 20.9 Å². The molecule has 7 nitrogen and oxygen atoms in total. The zero-order valence-electron chi connectivity index (χ0n) is 15.6. The molecule has 0 spiro atoms. The van der Waals surface area contributed by atoms with Gasteiger partial charge in [-0.05, 0) is 37.8 Å². The van der Waals surface area contributed by atoms with Crippen LogP contribution in [0.2, 0.25) is 0 Å². The number of aromatic nitrogens is 3. The molecule has 0 saturated carbocycles. The largest absolute Gasteiger partial charge is 0.419 e. The first-order valence-electron chi connectivity index (χ1n) is 9.51. The Bertz CT molecular complexity index is 931. The molecule has 1 saturated heterocycles. The number of nitrogens with zero attached hydrogens (tertiary/aromatic N) is 2. The number of aromatic amines is 1. The number of alkyl halides is 3. The van der Waals surface area contributed by atoms with Crippen molar-refractivity contribution >= 4 is 11.9 Å². The summed E-state index contributed by atoms with van der Waals surface area (Å²) >= 11 is 0. The van der Waals surface area contributed by atoms with Gasteiger partial charge in [-0.1, -0.05) is 6.08 Å². The van der Waals surface area contributed by atoms with Gasteiger partial charge in [0.1, 0.15) is 11.3 Å². The molecule has 1 amide bonds. The lowest BCUT2D eigenvalue weighted by molar-refractivity contribution is -0.137. The zero-order chi connectivity index (χ0) is 20.4. The molecular formula is C19H21F3N6O. The second kappa shape index (κ2) is 7.86. The molecule has 0 aromatic carbocycles. The first-order valence-corrected chi connectivity index (χ1v) is 9.51. The van der Waals surface area contributed by atoms with Crippen LogP contribution in [0.4, 0.5) is 19.1 Å². The van der Waals surface area contributed by atoms with Crippen LogP contribution in [0.15, 0.2) is 24.7 Å². The number of amides is 1. The Morgan fingerprint density at radius 2 is 2.14 bits per heavy atom. The van der Waals surface area contributed by atoms with Crippen LogP contribution in [0.3, 0.4) is 0 Å². The van der Waals surface area contributed by atoms with Gasteiger partial charge in [-0.15, -0.1) is 0 Å². The summed E-state index contributed by atoms with van der Waals surface area (Å²) in [5.74, 6) is -0.247. The molecule has 2 aliphatic heterocycles. The van der Waals surface area contributed by atoms with E-state index in [4.69, 9.17) is 0 Å². The van der Waals surface area contributed by atoms with Crippen molar-refractivity contribution in [1.82, 2.24) is 25.6 Å². The number of allylic oxidation sites excluding steroid dienone is 1. The molecule has 1 atom stereocenters. The summed E-state index contributed by atoms with van der Waals surface area (Å²) in [7, 11) is 0. The van der Waals surface area contributed by atoms with Gasteiger partial charge in [0.05, 0.1) is 5.69 Å². The second-order valence-corrected chi connectivity index (χ2v) is 7.11. The molecule has 0 bridgehead atoms. The van der Waals surface area contributed by atoms with Crippen molar-refractivity contribution in [1.29, 1.82) is 0 Å². The number of H-pyrrole nitrogens is 1. The van der Waals surface area contributed by atoms with Crippen molar-refractivity contribution in [2.45, 2.75) is 37.9 Å². The van der Waals surface area contributed by atoms with E-state index in [1.54, 1.807) is 6.08 Å². The molecule has 0 radical (unpaired) electrons. The van der Waals surface area contributed by atoms with E-state index in [1.165, 1.54) is 12.4 Å². The smallest absolute Gasteiger partial charge is 0.356 e. The molecule has 2 aromatic heterocycles. The third-order valence-electron chi connectivity index (χ3n) is 5.09. The number of anilines is 1. The van der Waals surface area contributed by atoms with Crippen LogP contribution >= 0.6 is 0 Å². The molecule has 4 heterocycles. The number of halogens is 3. The Balaban J connectivity index is 1.76. The Labute approximate surface area is 165 Å². The maximum Gasteiger partial charge on any atom is 0.419 e. The highest BCUT2D eigenvalue weighted by molar-refractivity contribution is 5.97. The second-order valence-electron chi connectivity index (χ2n) is 7.11. The van der Waals surface area contributed by atoms with E-state index < -0.39 is 17.6 Å². The van der Waals surface area contributed by atoms with Crippen LogP contribution in [-0.2, 0) is 12.6 Å². The van der Waals surface area contributed by atoms with E-state index in [-0.39, 0.29) is 28.9 Å². The fourth-order valence-electron chi connectivity index (χ4n) is 3.67. The summed E-state index contributed by atoms with van der Waals surface area (Å²) < 4.78 is 41.0. The van der Waals surface area contributed by atoms with E-state index in [2.05, 4.69) is 30.9 Å². The Morgan fingerprint density at radius 1 is 1.28 bits per heavy atom. The minimum Gasteiger partial charge on any atom is -0.356 e. The number of fused-ring (bicyclic) bond motifs is 1. The van der Waals surface area contributed by atoms with Crippen molar-refractivity contribution in [2.24, 2.45) is 0 Å². The summed E-state index contributed by atoms with van der Waals surface area (Å²) in [6.07, 6.45) is 3.79. The van der Waals surface area contributed by atoms with Crippen LogP contribution in [-0.4, -0.2) is 40.0 Å². The summed E-state index contributed by atoms with van der Waals surface area (Å²) in [6, 6.07) is 0.0519. The minimum atomic E-state index is -4.62. The van der Waals surface area contributed by atoms with E-state index in [0.717, 1.165) is 25.6 Å². The number of rotatable bonds is 3. The molecule has 0 aliphatic carbocycles. The monoisotopic (exact) mass is 406 g/mol. The van der Waals surface area contributed by atoms with E-state index in [9.17, 15) is 18.0 Å². The lowest BCUT2D eigenvalue weighted by Crippen LogP contribution is -2.38. The maximum atomic E-state index is 13.7. The van der Waals surface area contributed by atoms with Crippen molar-refractivity contribution in [2.75, 3.05) is 18.4 Å². The molecular weight excluding hydrogens is 385 g/mol. The highest BCUT2D eigenvalue weighted by Gasteiger charge is 2.37. The van der Waals surface area contributed by atoms with Gasteiger partial charge in [0, 0.05) is 36.7 Å². The first-order chi connectivity index (χ1) is 13.9. The average Bonchev–Trinajstić information content (AvgIpc) is 3.09.